The molecule has 3 amide bonds. The summed E-state index contributed by atoms with van der Waals surface area (Å²) < 4.78 is 27.7. The summed E-state index contributed by atoms with van der Waals surface area (Å²) in [6, 6.07) is 21.6. The van der Waals surface area contributed by atoms with Crippen molar-refractivity contribution in [3.05, 3.63) is 100 Å². The van der Waals surface area contributed by atoms with Gasteiger partial charge in [0.15, 0.2) is 0 Å². The molecule has 1 unspecified atom stereocenters. The van der Waals surface area contributed by atoms with Crippen molar-refractivity contribution < 1.29 is 22.8 Å². The van der Waals surface area contributed by atoms with E-state index in [1.165, 1.54) is 23.1 Å². The molecule has 0 aliphatic carbocycles. The van der Waals surface area contributed by atoms with Crippen LogP contribution >= 0.6 is 15.9 Å². The highest BCUT2D eigenvalue weighted by Crippen LogP contribution is 2.30. The predicted octanol–water partition coefficient (Wildman–Crippen LogP) is 4.15. The molecule has 1 aliphatic rings. The van der Waals surface area contributed by atoms with Gasteiger partial charge in [-0.1, -0.05) is 83.9 Å². The van der Waals surface area contributed by atoms with E-state index in [1.807, 2.05) is 61.5 Å². The average molecular weight is 613 g/mol. The van der Waals surface area contributed by atoms with Crippen LogP contribution in [-0.2, 0) is 32.6 Å². The Hall–Kier alpha value is -3.50. The minimum absolute atomic E-state index is 0.0296. The van der Waals surface area contributed by atoms with Crippen LogP contribution in [0.5, 0.6) is 0 Å². The van der Waals surface area contributed by atoms with E-state index in [0.717, 1.165) is 28.4 Å². The van der Waals surface area contributed by atoms with Gasteiger partial charge in [0.05, 0.1) is 5.56 Å². The molecule has 1 heterocycles. The van der Waals surface area contributed by atoms with Gasteiger partial charge in [-0.3, -0.25) is 14.4 Å². The summed E-state index contributed by atoms with van der Waals surface area (Å²) in [5, 5.41) is 2.93. The molecule has 0 bridgehead atoms. The van der Waals surface area contributed by atoms with Gasteiger partial charge in [-0.2, -0.15) is 0 Å². The number of nitrogens with zero attached hydrogens (tertiary/aromatic N) is 2. The van der Waals surface area contributed by atoms with E-state index in [1.54, 1.807) is 6.07 Å². The Morgan fingerprint density at radius 2 is 1.67 bits per heavy atom. The molecule has 1 N–H and O–H groups in total. The van der Waals surface area contributed by atoms with Gasteiger partial charge in [0.2, 0.25) is 11.8 Å². The van der Waals surface area contributed by atoms with Gasteiger partial charge in [-0.25, -0.2) is 12.7 Å². The maximum Gasteiger partial charge on any atom is 0.269 e. The molecule has 0 spiro atoms. The molecule has 10 heteroatoms. The van der Waals surface area contributed by atoms with Crippen LogP contribution < -0.4 is 5.32 Å². The highest BCUT2D eigenvalue weighted by molar-refractivity contribution is 9.10. The van der Waals surface area contributed by atoms with Gasteiger partial charge in [0.1, 0.15) is 17.5 Å². The van der Waals surface area contributed by atoms with E-state index in [0.29, 0.717) is 10.8 Å². The first-order chi connectivity index (χ1) is 18.7. The fourth-order valence-electron chi connectivity index (χ4n) is 4.49. The second-order valence-electron chi connectivity index (χ2n) is 9.31. The van der Waals surface area contributed by atoms with Crippen molar-refractivity contribution in [3.63, 3.8) is 0 Å². The summed E-state index contributed by atoms with van der Waals surface area (Å²) in [6.45, 7) is 1.80. The van der Waals surface area contributed by atoms with Crippen LogP contribution in [0, 0.1) is 0 Å². The van der Waals surface area contributed by atoms with Crippen LogP contribution in [0.3, 0.4) is 0 Å². The molecule has 0 saturated carbocycles. The number of benzene rings is 3. The third-order valence-corrected chi connectivity index (χ3v) is 8.81. The van der Waals surface area contributed by atoms with Gasteiger partial charge in [0.25, 0.3) is 15.9 Å². The van der Waals surface area contributed by atoms with Crippen molar-refractivity contribution in [2.75, 3.05) is 13.1 Å². The second kappa shape index (κ2) is 12.6. The maximum atomic E-state index is 13.9. The number of carbonyl (C=O) groups is 3. The van der Waals surface area contributed by atoms with Gasteiger partial charge < -0.3 is 10.2 Å². The number of halogens is 1. The van der Waals surface area contributed by atoms with E-state index >= 15 is 0 Å². The molecule has 3 aromatic carbocycles. The number of sulfonamides is 1. The van der Waals surface area contributed by atoms with Crippen molar-refractivity contribution in [2.45, 2.75) is 43.7 Å². The first-order valence-corrected chi connectivity index (χ1v) is 15.0. The predicted molar refractivity (Wildman–Crippen MR) is 151 cm³/mol. The molecule has 8 nitrogen and oxygen atoms in total. The van der Waals surface area contributed by atoms with Crippen LogP contribution in [0.4, 0.5) is 0 Å². The molecule has 39 heavy (non-hydrogen) atoms. The second-order valence-corrected chi connectivity index (χ2v) is 12.1. The molecule has 1 atom stereocenters. The molecular formula is C29H30BrN3O5S. The number of rotatable bonds is 11. The summed E-state index contributed by atoms with van der Waals surface area (Å²) in [4.78, 5) is 41.7. The van der Waals surface area contributed by atoms with E-state index in [-0.39, 0.29) is 29.3 Å². The maximum absolute atomic E-state index is 13.9. The van der Waals surface area contributed by atoms with E-state index in [2.05, 4.69) is 21.2 Å². The Kier molecular flexibility index (Phi) is 9.19. The molecule has 0 saturated heterocycles. The summed E-state index contributed by atoms with van der Waals surface area (Å²) in [7, 11) is -4.20. The van der Waals surface area contributed by atoms with Crippen LogP contribution in [0.2, 0.25) is 0 Å². The zero-order chi connectivity index (χ0) is 28.0. The smallest absolute Gasteiger partial charge is 0.269 e. The standard InChI is InChI=1S/C29H30BrN3O5S/c1-2-3-16-31-28(35)25(18-21-10-5-4-6-11-21)32(19-22-12-9-13-23(30)17-22)27(34)20-33-29(36)24-14-7-8-15-26(24)39(33,37)38/h4-15,17,25H,2-3,16,18-20H2,1H3,(H,31,35). The van der Waals surface area contributed by atoms with E-state index in [9.17, 15) is 22.8 Å². The minimum Gasteiger partial charge on any atom is -0.354 e. The van der Waals surface area contributed by atoms with Crippen LogP contribution in [0.25, 0.3) is 0 Å². The number of amides is 3. The monoisotopic (exact) mass is 611 g/mol. The van der Waals surface area contributed by atoms with Crippen molar-refractivity contribution in [2.24, 2.45) is 0 Å². The number of nitrogens with one attached hydrogen (secondary N) is 1. The van der Waals surface area contributed by atoms with E-state index in [4.69, 9.17) is 0 Å². The van der Waals surface area contributed by atoms with Gasteiger partial charge in [0, 0.05) is 24.0 Å². The first-order valence-electron chi connectivity index (χ1n) is 12.7. The van der Waals surface area contributed by atoms with Crippen molar-refractivity contribution in [1.82, 2.24) is 14.5 Å². The number of hydrogen-bond acceptors (Lipinski definition) is 5. The van der Waals surface area contributed by atoms with Crippen molar-refractivity contribution in [1.29, 1.82) is 0 Å². The average Bonchev–Trinajstić information content (AvgIpc) is 3.12. The highest BCUT2D eigenvalue weighted by Gasteiger charge is 2.43. The Morgan fingerprint density at radius 3 is 2.36 bits per heavy atom. The molecule has 3 aromatic rings. The van der Waals surface area contributed by atoms with Crippen LogP contribution in [0.1, 0.15) is 41.3 Å². The van der Waals surface area contributed by atoms with Gasteiger partial charge in [-0.15, -0.1) is 0 Å². The molecule has 0 radical (unpaired) electrons. The normalized spacial score (nSPS) is 14.5. The first kappa shape index (κ1) is 28.5. The van der Waals surface area contributed by atoms with E-state index < -0.39 is 34.4 Å². The molecule has 204 valence electrons. The summed E-state index contributed by atoms with van der Waals surface area (Å²) >= 11 is 3.45. The molecule has 0 aromatic heterocycles. The lowest BCUT2D eigenvalue weighted by Gasteiger charge is -2.32. The van der Waals surface area contributed by atoms with Crippen LogP contribution in [-0.4, -0.2) is 54.5 Å². The van der Waals surface area contributed by atoms with Gasteiger partial charge in [-0.05, 0) is 41.8 Å². The molecular weight excluding hydrogens is 582 g/mol. The lowest BCUT2D eigenvalue weighted by atomic mass is 10.0. The number of fused-ring (bicyclic) bond motifs is 1. The zero-order valence-electron chi connectivity index (χ0n) is 21.5. The molecule has 0 fully saturated rings. The molecule has 4 rings (SSSR count). The summed E-state index contributed by atoms with van der Waals surface area (Å²) in [5.74, 6) is -1.74. The summed E-state index contributed by atoms with van der Waals surface area (Å²) in [6.07, 6.45) is 1.89. The highest BCUT2D eigenvalue weighted by atomic mass is 79.9. The van der Waals surface area contributed by atoms with Crippen molar-refractivity contribution in [3.8, 4) is 0 Å². The quantitative estimate of drug-likeness (QED) is 0.328. The number of carbonyl (C=O) groups excluding carboxylic acids is 3. The summed E-state index contributed by atoms with van der Waals surface area (Å²) in [5.41, 5.74) is 1.62. The number of unbranched alkanes of at least 4 members (excludes halogenated alkanes) is 1. The lowest BCUT2D eigenvalue weighted by molar-refractivity contribution is -0.141. The lowest BCUT2D eigenvalue weighted by Crippen LogP contribution is -2.53. The topological polar surface area (TPSA) is 104 Å². The largest absolute Gasteiger partial charge is 0.354 e. The van der Waals surface area contributed by atoms with Gasteiger partial charge >= 0.3 is 0 Å². The number of hydrogen-bond donors (Lipinski definition) is 1. The SMILES string of the molecule is CCCCNC(=O)C(Cc1ccccc1)N(Cc1cccc(Br)c1)C(=O)CN1C(=O)c2ccccc2S1(=O)=O. The Bertz CT molecular complexity index is 1460. The third kappa shape index (κ3) is 6.57. The Morgan fingerprint density at radius 1 is 0.974 bits per heavy atom. The molecule has 1 aliphatic heterocycles. The minimum atomic E-state index is -4.20. The third-order valence-electron chi connectivity index (χ3n) is 6.53. The fourth-order valence-corrected chi connectivity index (χ4v) is 6.46. The zero-order valence-corrected chi connectivity index (χ0v) is 23.9. The Labute approximate surface area is 237 Å². The van der Waals surface area contributed by atoms with Crippen LogP contribution in [0.15, 0.2) is 88.2 Å². The Balaban J connectivity index is 1.70. The fraction of sp³-hybridized carbons (Fsp3) is 0.276. The van der Waals surface area contributed by atoms with Crippen molar-refractivity contribution >= 4 is 43.7 Å².